The fraction of sp³-hybridized carbons (Fsp3) is 0.150. The molecule has 2 aromatic carbocycles. The van der Waals surface area contributed by atoms with Crippen LogP contribution in [0.2, 0.25) is 0 Å². The maximum absolute atomic E-state index is 12.3. The highest BCUT2D eigenvalue weighted by atomic mass is 32.1. The van der Waals surface area contributed by atoms with E-state index in [4.69, 9.17) is 4.74 Å². The number of carbonyl (C=O) groups is 2. The van der Waals surface area contributed by atoms with Gasteiger partial charge >= 0.3 is 0 Å². The first-order valence-corrected chi connectivity index (χ1v) is 9.45. The Morgan fingerprint density at radius 1 is 1.04 bits per heavy atom. The normalized spacial score (nSPS) is 10.2. The molecule has 144 valence electrons. The Bertz CT molecular complexity index is 958. The highest BCUT2D eigenvalue weighted by Crippen LogP contribution is 2.16. The van der Waals surface area contributed by atoms with Crippen LogP contribution in [0.1, 0.15) is 26.4 Å². The Balaban J connectivity index is 1.58. The van der Waals surface area contributed by atoms with Crippen LogP contribution in [0.3, 0.4) is 0 Å². The second-order valence-corrected chi connectivity index (χ2v) is 6.87. The predicted molar refractivity (Wildman–Crippen MR) is 109 cm³/mol. The van der Waals surface area contributed by atoms with Crippen LogP contribution in [0.4, 0.5) is 5.69 Å². The largest absolute Gasteiger partial charge is 0.487 e. The van der Waals surface area contributed by atoms with Gasteiger partial charge in [0.2, 0.25) is 0 Å². The number of carbonyl (C=O) groups excluding carboxylic acids is 2. The first-order chi connectivity index (χ1) is 13.5. The second kappa shape index (κ2) is 9.01. The standard InChI is InChI=1S/C20H20N4O3S/c1-24(2)17-7-3-5-14(9-17)19(25)22-23-20(26)15-6-4-8-18(10-15)27-11-16-12-28-13-21-16/h3-10,12-13H,11H2,1-2H3,(H,22,25)(H,23,26). The maximum Gasteiger partial charge on any atom is 0.269 e. The van der Waals surface area contributed by atoms with Gasteiger partial charge in [-0.2, -0.15) is 0 Å². The number of hydrogen-bond donors (Lipinski definition) is 2. The summed E-state index contributed by atoms with van der Waals surface area (Å²) >= 11 is 1.49. The smallest absolute Gasteiger partial charge is 0.269 e. The molecule has 28 heavy (non-hydrogen) atoms. The quantitative estimate of drug-likeness (QED) is 0.626. The number of anilines is 1. The molecule has 1 heterocycles. The zero-order chi connectivity index (χ0) is 19.9. The van der Waals surface area contributed by atoms with Crippen molar-refractivity contribution in [3.05, 3.63) is 76.2 Å². The molecule has 0 spiro atoms. The topological polar surface area (TPSA) is 83.6 Å². The molecular formula is C20H20N4O3S. The molecule has 1 aromatic heterocycles. The molecular weight excluding hydrogens is 376 g/mol. The summed E-state index contributed by atoms with van der Waals surface area (Å²) in [5.41, 5.74) is 9.13. The summed E-state index contributed by atoms with van der Waals surface area (Å²) in [5.74, 6) is -0.283. The number of hydrogen-bond acceptors (Lipinski definition) is 6. The van der Waals surface area contributed by atoms with Gasteiger partial charge in [-0.15, -0.1) is 11.3 Å². The lowest BCUT2D eigenvalue weighted by atomic mass is 10.2. The molecule has 0 saturated carbocycles. The first-order valence-electron chi connectivity index (χ1n) is 8.51. The Morgan fingerprint density at radius 3 is 2.36 bits per heavy atom. The van der Waals surface area contributed by atoms with Crippen LogP contribution in [0.15, 0.2) is 59.4 Å². The molecule has 0 atom stereocenters. The minimum Gasteiger partial charge on any atom is -0.487 e. The Labute approximate surface area is 166 Å². The van der Waals surface area contributed by atoms with Crippen molar-refractivity contribution < 1.29 is 14.3 Å². The number of aromatic nitrogens is 1. The summed E-state index contributed by atoms with van der Waals surface area (Å²) in [6.07, 6.45) is 0. The summed E-state index contributed by atoms with van der Waals surface area (Å²) in [6.45, 7) is 0.327. The van der Waals surface area contributed by atoms with E-state index < -0.39 is 11.8 Å². The Kier molecular flexibility index (Phi) is 6.23. The molecule has 0 saturated heterocycles. The number of amides is 2. The van der Waals surface area contributed by atoms with Crippen LogP contribution in [0.25, 0.3) is 0 Å². The summed E-state index contributed by atoms with van der Waals surface area (Å²) < 4.78 is 5.64. The lowest BCUT2D eigenvalue weighted by Crippen LogP contribution is -2.41. The molecule has 3 aromatic rings. The molecule has 3 rings (SSSR count). The predicted octanol–water partition coefficient (Wildman–Crippen LogP) is 2.86. The molecule has 0 aliphatic rings. The van der Waals surface area contributed by atoms with E-state index >= 15 is 0 Å². The van der Waals surface area contributed by atoms with Crippen LogP contribution < -0.4 is 20.5 Å². The van der Waals surface area contributed by atoms with Crippen molar-refractivity contribution in [2.45, 2.75) is 6.61 Å². The fourth-order valence-electron chi connectivity index (χ4n) is 2.38. The van der Waals surface area contributed by atoms with Crippen molar-refractivity contribution in [1.82, 2.24) is 15.8 Å². The average molecular weight is 396 g/mol. The van der Waals surface area contributed by atoms with Crippen LogP contribution in [0.5, 0.6) is 5.75 Å². The van der Waals surface area contributed by atoms with E-state index in [1.54, 1.807) is 48.0 Å². The third kappa shape index (κ3) is 5.08. The Hall–Kier alpha value is -3.39. The number of nitrogens with zero attached hydrogens (tertiary/aromatic N) is 2. The molecule has 7 nitrogen and oxygen atoms in total. The van der Waals surface area contributed by atoms with Crippen LogP contribution in [-0.2, 0) is 6.61 Å². The van der Waals surface area contributed by atoms with Gasteiger partial charge in [0, 0.05) is 36.3 Å². The number of hydrazine groups is 1. The van der Waals surface area contributed by atoms with E-state index in [1.807, 2.05) is 30.4 Å². The van der Waals surface area contributed by atoms with Gasteiger partial charge in [0.05, 0.1) is 11.2 Å². The molecule has 8 heteroatoms. The maximum atomic E-state index is 12.3. The van der Waals surface area contributed by atoms with Crippen molar-refractivity contribution >= 4 is 28.8 Å². The number of benzene rings is 2. The second-order valence-electron chi connectivity index (χ2n) is 6.15. The number of nitrogens with one attached hydrogen (secondary N) is 2. The van der Waals surface area contributed by atoms with Gasteiger partial charge in [-0.05, 0) is 36.4 Å². The fourth-order valence-corrected chi connectivity index (χ4v) is 2.92. The van der Waals surface area contributed by atoms with Gasteiger partial charge in [-0.25, -0.2) is 4.98 Å². The monoisotopic (exact) mass is 396 g/mol. The van der Waals surface area contributed by atoms with E-state index in [0.717, 1.165) is 11.4 Å². The molecule has 0 aliphatic heterocycles. The van der Waals surface area contributed by atoms with Crippen molar-refractivity contribution in [3.63, 3.8) is 0 Å². The number of rotatable bonds is 6. The third-order valence-electron chi connectivity index (χ3n) is 3.88. The van der Waals surface area contributed by atoms with Crippen LogP contribution in [-0.4, -0.2) is 30.9 Å². The first kappa shape index (κ1) is 19.4. The minimum atomic E-state index is -0.434. The minimum absolute atomic E-state index is 0.327. The molecule has 0 bridgehead atoms. The van der Waals surface area contributed by atoms with Crippen molar-refractivity contribution in [1.29, 1.82) is 0 Å². The number of thiazole rings is 1. The van der Waals surface area contributed by atoms with Crippen LogP contribution >= 0.6 is 11.3 Å². The lowest BCUT2D eigenvalue weighted by Gasteiger charge is -2.14. The van der Waals surface area contributed by atoms with Crippen molar-refractivity contribution in [2.75, 3.05) is 19.0 Å². The zero-order valence-corrected chi connectivity index (χ0v) is 16.3. The summed E-state index contributed by atoms with van der Waals surface area (Å²) in [5, 5.41) is 1.90. The van der Waals surface area contributed by atoms with Gasteiger partial charge < -0.3 is 9.64 Å². The van der Waals surface area contributed by atoms with E-state index in [2.05, 4.69) is 15.8 Å². The van der Waals surface area contributed by atoms with E-state index in [1.165, 1.54) is 11.3 Å². The molecule has 0 fully saturated rings. The molecule has 0 aliphatic carbocycles. The summed E-state index contributed by atoms with van der Waals surface area (Å²) in [7, 11) is 3.78. The summed E-state index contributed by atoms with van der Waals surface area (Å²) in [4.78, 5) is 30.7. The van der Waals surface area contributed by atoms with Gasteiger partial charge in [0.1, 0.15) is 12.4 Å². The van der Waals surface area contributed by atoms with E-state index in [9.17, 15) is 9.59 Å². The van der Waals surface area contributed by atoms with E-state index in [0.29, 0.717) is 23.5 Å². The van der Waals surface area contributed by atoms with Gasteiger partial charge in [0.15, 0.2) is 0 Å². The zero-order valence-electron chi connectivity index (χ0n) is 15.5. The highest BCUT2D eigenvalue weighted by Gasteiger charge is 2.11. The highest BCUT2D eigenvalue weighted by molar-refractivity contribution is 7.07. The van der Waals surface area contributed by atoms with Gasteiger partial charge in [-0.1, -0.05) is 12.1 Å². The van der Waals surface area contributed by atoms with Gasteiger partial charge in [-0.3, -0.25) is 20.4 Å². The SMILES string of the molecule is CN(C)c1cccc(C(=O)NNC(=O)c2cccc(OCc3cscn3)c2)c1. The molecule has 0 unspecified atom stereocenters. The summed E-state index contributed by atoms with van der Waals surface area (Å²) in [6, 6.07) is 13.8. The average Bonchev–Trinajstić information content (AvgIpc) is 3.24. The molecule has 0 radical (unpaired) electrons. The Morgan fingerprint density at radius 2 is 1.71 bits per heavy atom. The van der Waals surface area contributed by atoms with E-state index in [-0.39, 0.29) is 0 Å². The third-order valence-corrected chi connectivity index (χ3v) is 4.52. The molecule has 2 amide bonds. The molecule has 2 N–H and O–H groups in total. The lowest BCUT2D eigenvalue weighted by molar-refractivity contribution is 0.0846. The van der Waals surface area contributed by atoms with Gasteiger partial charge in [0.25, 0.3) is 11.8 Å². The number of ether oxygens (including phenoxy) is 1. The van der Waals surface area contributed by atoms with Crippen molar-refractivity contribution in [2.24, 2.45) is 0 Å². The van der Waals surface area contributed by atoms with Crippen molar-refractivity contribution in [3.8, 4) is 5.75 Å². The van der Waals surface area contributed by atoms with Crippen LogP contribution in [0, 0.1) is 0 Å².